The highest BCUT2D eigenvalue weighted by Gasteiger charge is 2.25. The summed E-state index contributed by atoms with van der Waals surface area (Å²) in [7, 11) is 0. The van der Waals surface area contributed by atoms with E-state index in [0.717, 1.165) is 5.56 Å². The number of amides is 2. The number of rotatable bonds is 5. The number of hydrogen-bond acceptors (Lipinski definition) is 3. The minimum atomic E-state index is -0.862. The molecule has 2 aromatic rings. The SMILES string of the molecule is CC(NC(=O)OC(C)(C)C)C(=O)NC(c1ccccc1)c1ccc(Br)cc1F. The van der Waals surface area contributed by atoms with Crippen LogP contribution in [0.3, 0.4) is 0 Å². The summed E-state index contributed by atoms with van der Waals surface area (Å²) in [5.74, 6) is -0.904. The molecule has 0 aliphatic rings. The molecule has 0 aliphatic carbocycles. The van der Waals surface area contributed by atoms with Crippen LogP contribution in [-0.2, 0) is 9.53 Å². The fraction of sp³-hybridized carbons (Fsp3) is 0.333. The molecular formula is C21H24BrFN2O3. The maximum atomic E-state index is 14.6. The summed E-state index contributed by atoms with van der Waals surface area (Å²) in [6, 6.07) is 12.2. The van der Waals surface area contributed by atoms with Crippen LogP contribution in [0.2, 0.25) is 0 Å². The third-order valence-corrected chi connectivity index (χ3v) is 4.31. The molecule has 2 atom stereocenters. The molecule has 0 saturated heterocycles. The van der Waals surface area contributed by atoms with Gasteiger partial charge in [0.1, 0.15) is 17.5 Å². The highest BCUT2D eigenvalue weighted by atomic mass is 79.9. The monoisotopic (exact) mass is 450 g/mol. The molecule has 0 radical (unpaired) electrons. The van der Waals surface area contributed by atoms with Crippen molar-refractivity contribution in [3.05, 3.63) is 69.9 Å². The lowest BCUT2D eigenvalue weighted by Crippen LogP contribution is -2.47. The second-order valence-electron chi connectivity index (χ2n) is 7.39. The normalized spacial score (nSPS) is 13.4. The molecule has 2 aromatic carbocycles. The molecule has 150 valence electrons. The molecule has 2 unspecified atom stereocenters. The van der Waals surface area contributed by atoms with Gasteiger partial charge in [-0.1, -0.05) is 52.3 Å². The van der Waals surface area contributed by atoms with Crippen molar-refractivity contribution in [2.45, 2.75) is 45.4 Å². The fourth-order valence-corrected chi connectivity index (χ4v) is 2.87. The molecule has 0 fully saturated rings. The van der Waals surface area contributed by atoms with Crippen LogP contribution in [0.25, 0.3) is 0 Å². The first-order valence-electron chi connectivity index (χ1n) is 8.86. The molecular weight excluding hydrogens is 427 g/mol. The van der Waals surface area contributed by atoms with E-state index in [0.29, 0.717) is 10.0 Å². The maximum absolute atomic E-state index is 14.6. The molecule has 7 heteroatoms. The van der Waals surface area contributed by atoms with Gasteiger partial charge < -0.3 is 15.4 Å². The van der Waals surface area contributed by atoms with E-state index >= 15 is 0 Å². The van der Waals surface area contributed by atoms with E-state index in [1.165, 1.54) is 6.07 Å². The number of ether oxygens (including phenoxy) is 1. The number of benzene rings is 2. The Morgan fingerprint density at radius 1 is 1.07 bits per heavy atom. The predicted octanol–water partition coefficient (Wildman–Crippen LogP) is 4.71. The number of carbonyl (C=O) groups excluding carboxylic acids is 2. The van der Waals surface area contributed by atoms with Crippen molar-refractivity contribution < 1.29 is 18.7 Å². The average molecular weight is 451 g/mol. The summed E-state index contributed by atoms with van der Waals surface area (Å²) < 4.78 is 20.3. The third kappa shape index (κ3) is 6.34. The Morgan fingerprint density at radius 2 is 1.71 bits per heavy atom. The molecule has 2 amide bonds. The largest absolute Gasteiger partial charge is 0.444 e. The molecule has 28 heavy (non-hydrogen) atoms. The lowest BCUT2D eigenvalue weighted by molar-refractivity contribution is -0.123. The summed E-state index contributed by atoms with van der Waals surface area (Å²) >= 11 is 3.24. The third-order valence-electron chi connectivity index (χ3n) is 3.82. The van der Waals surface area contributed by atoms with Crippen molar-refractivity contribution in [2.24, 2.45) is 0 Å². The van der Waals surface area contributed by atoms with Crippen LogP contribution in [0.4, 0.5) is 9.18 Å². The average Bonchev–Trinajstić information content (AvgIpc) is 2.59. The van der Waals surface area contributed by atoms with Crippen molar-refractivity contribution >= 4 is 27.9 Å². The first-order chi connectivity index (χ1) is 13.1. The topological polar surface area (TPSA) is 67.4 Å². The Kier molecular flexibility index (Phi) is 7.18. The van der Waals surface area contributed by atoms with Crippen molar-refractivity contribution in [1.29, 1.82) is 0 Å². The first kappa shape index (κ1) is 21.9. The summed E-state index contributed by atoms with van der Waals surface area (Å²) in [5, 5.41) is 5.31. The van der Waals surface area contributed by atoms with Gasteiger partial charge in [-0.15, -0.1) is 0 Å². The summed E-state index contributed by atoms with van der Waals surface area (Å²) in [6.07, 6.45) is -0.693. The Morgan fingerprint density at radius 3 is 2.29 bits per heavy atom. The van der Waals surface area contributed by atoms with Gasteiger partial charge in [0.2, 0.25) is 5.91 Å². The van der Waals surface area contributed by atoms with E-state index in [9.17, 15) is 14.0 Å². The van der Waals surface area contributed by atoms with Gasteiger partial charge in [-0.05, 0) is 45.4 Å². The number of halogens is 2. The molecule has 0 heterocycles. The van der Waals surface area contributed by atoms with Crippen molar-refractivity contribution in [3.8, 4) is 0 Å². The zero-order valence-corrected chi connectivity index (χ0v) is 17.8. The molecule has 0 spiro atoms. The minimum absolute atomic E-state index is 0.326. The van der Waals surface area contributed by atoms with E-state index in [4.69, 9.17) is 4.74 Å². The predicted molar refractivity (Wildman–Crippen MR) is 109 cm³/mol. The first-order valence-corrected chi connectivity index (χ1v) is 9.66. The minimum Gasteiger partial charge on any atom is -0.444 e. The van der Waals surface area contributed by atoms with Crippen LogP contribution < -0.4 is 10.6 Å². The Balaban J connectivity index is 2.21. The van der Waals surface area contributed by atoms with Gasteiger partial charge in [-0.2, -0.15) is 0 Å². The second-order valence-corrected chi connectivity index (χ2v) is 8.30. The molecule has 0 saturated carbocycles. The molecule has 5 nitrogen and oxygen atoms in total. The number of nitrogens with one attached hydrogen (secondary N) is 2. The summed E-state index contributed by atoms with van der Waals surface area (Å²) in [5.41, 5.74) is 0.377. The second kappa shape index (κ2) is 9.19. The van der Waals surface area contributed by atoms with Gasteiger partial charge in [0.05, 0.1) is 6.04 Å². The van der Waals surface area contributed by atoms with Gasteiger partial charge in [0, 0.05) is 10.0 Å². The standard InChI is InChI=1S/C21H24BrFN2O3/c1-13(24-20(27)28-21(2,3)4)19(26)25-18(14-8-6-5-7-9-14)16-11-10-15(22)12-17(16)23/h5-13,18H,1-4H3,(H,24,27)(H,25,26). The molecule has 2 N–H and O–H groups in total. The van der Waals surface area contributed by atoms with E-state index in [1.54, 1.807) is 52.0 Å². The van der Waals surface area contributed by atoms with Crippen molar-refractivity contribution in [2.75, 3.05) is 0 Å². The fourth-order valence-electron chi connectivity index (χ4n) is 2.54. The zero-order valence-electron chi connectivity index (χ0n) is 16.3. The van der Waals surface area contributed by atoms with Crippen molar-refractivity contribution in [3.63, 3.8) is 0 Å². The molecule has 0 aromatic heterocycles. The summed E-state index contributed by atoms with van der Waals surface area (Å²) in [4.78, 5) is 24.6. The van der Waals surface area contributed by atoms with E-state index in [-0.39, 0.29) is 0 Å². The number of carbonyl (C=O) groups is 2. The van der Waals surface area contributed by atoms with Gasteiger partial charge in [0.25, 0.3) is 0 Å². The van der Waals surface area contributed by atoms with Crippen LogP contribution in [0.15, 0.2) is 53.0 Å². The van der Waals surface area contributed by atoms with Crippen LogP contribution in [-0.4, -0.2) is 23.6 Å². The van der Waals surface area contributed by atoms with E-state index in [2.05, 4.69) is 26.6 Å². The van der Waals surface area contributed by atoms with Crippen molar-refractivity contribution in [1.82, 2.24) is 10.6 Å². The van der Waals surface area contributed by atoms with Gasteiger partial charge in [0.15, 0.2) is 0 Å². The van der Waals surface area contributed by atoms with Gasteiger partial charge >= 0.3 is 6.09 Å². The van der Waals surface area contributed by atoms with Crippen LogP contribution in [0.5, 0.6) is 0 Å². The zero-order chi connectivity index (χ0) is 20.9. The smallest absolute Gasteiger partial charge is 0.408 e. The van der Waals surface area contributed by atoms with E-state index in [1.807, 2.05) is 18.2 Å². The number of hydrogen-bond donors (Lipinski definition) is 2. The van der Waals surface area contributed by atoms with Gasteiger partial charge in [-0.3, -0.25) is 4.79 Å². The summed E-state index contributed by atoms with van der Waals surface area (Å²) in [6.45, 7) is 6.75. The lowest BCUT2D eigenvalue weighted by atomic mass is 9.98. The van der Waals surface area contributed by atoms with Crippen LogP contribution in [0.1, 0.15) is 44.9 Å². The van der Waals surface area contributed by atoms with Gasteiger partial charge in [-0.25, -0.2) is 9.18 Å². The quantitative estimate of drug-likeness (QED) is 0.692. The molecule has 0 aliphatic heterocycles. The van der Waals surface area contributed by atoms with Crippen LogP contribution >= 0.6 is 15.9 Å². The maximum Gasteiger partial charge on any atom is 0.408 e. The Labute approximate surface area is 172 Å². The molecule has 0 bridgehead atoms. The lowest BCUT2D eigenvalue weighted by Gasteiger charge is -2.24. The molecule has 2 rings (SSSR count). The number of alkyl carbamates (subject to hydrolysis) is 1. The van der Waals surface area contributed by atoms with Crippen LogP contribution in [0, 0.1) is 5.82 Å². The highest BCUT2D eigenvalue weighted by Crippen LogP contribution is 2.26. The Bertz CT molecular complexity index is 837. The van der Waals surface area contributed by atoms with E-state index < -0.39 is 35.5 Å². The highest BCUT2D eigenvalue weighted by molar-refractivity contribution is 9.10. The Hall–Kier alpha value is -2.41.